The van der Waals surface area contributed by atoms with Crippen LogP contribution in [0.2, 0.25) is 0 Å². The molecule has 1 aliphatic rings. The SMILES string of the molecule is CC1(C)CC(N(Cc2ccncc2)Cc2ccsc2)CC(C)(C)N1.O=C(O)CC(O)(CC(=O)O)C(=O)O. The lowest BCUT2D eigenvalue weighted by Crippen LogP contribution is -2.62. The Morgan fingerprint density at radius 1 is 0.973 bits per heavy atom. The Labute approximate surface area is 221 Å². The number of piperidine rings is 1. The summed E-state index contributed by atoms with van der Waals surface area (Å²) in [6.07, 6.45) is 3.85. The van der Waals surface area contributed by atoms with Crippen LogP contribution in [0.1, 0.15) is 64.5 Å². The number of hydrogen-bond donors (Lipinski definition) is 5. The number of thiophene rings is 1. The van der Waals surface area contributed by atoms with Gasteiger partial charge in [-0.15, -0.1) is 0 Å². The summed E-state index contributed by atoms with van der Waals surface area (Å²) >= 11 is 1.79. The van der Waals surface area contributed by atoms with Gasteiger partial charge in [-0.05, 0) is 80.6 Å². The minimum Gasteiger partial charge on any atom is -0.481 e. The Balaban J connectivity index is 0.000000317. The normalized spacial score (nSPS) is 17.0. The van der Waals surface area contributed by atoms with Crippen molar-refractivity contribution >= 4 is 29.2 Å². The fourth-order valence-electron chi connectivity index (χ4n) is 4.89. The molecule has 2 aromatic heterocycles. The molecule has 1 aliphatic heterocycles. The summed E-state index contributed by atoms with van der Waals surface area (Å²) in [7, 11) is 0. The third-order valence-electron chi connectivity index (χ3n) is 6.07. The van der Waals surface area contributed by atoms with E-state index in [1.165, 1.54) is 24.0 Å². The van der Waals surface area contributed by atoms with Gasteiger partial charge < -0.3 is 25.7 Å². The molecule has 204 valence electrons. The van der Waals surface area contributed by atoms with Crippen molar-refractivity contribution in [2.24, 2.45) is 0 Å². The maximum atomic E-state index is 10.3. The molecule has 0 radical (unpaired) electrons. The van der Waals surface area contributed by atoms with E-state index in [-0.39, 0.29) is 11.1 Å². The Kier molecular flexibility index (Phi) is 10.3. The molecular formula is C26H37N3O7S. The molecule has 11 heteroatoms. The minimum absolute atomic E-state index is 0.164. The molecule has 0 atom stereocenters. The zero-order chi connectivity index (χ0) is 27.9. The number of hydrogen-bond acceptors (Lipinski definition) is 8. The van der Waals surface area contributed by atoms with Crippen LogP contribution in [0.4, 0.5) is 0 Å². The molecule has 1 saturated heterocycles. The van der Waals surface area contributed by atoms with Gasteiger partial charge in [-0.25, -0.2) is 4.79 Å². The van der Waals surface area contributed by atoms with Gasteiger partial charge in [-0.2, -0.15) is 11.3 Å². The molecule has 3 rings (SSSR count). The van der Waals surface area contributed by atoms with Crippen molar-refractivity contribution in [3.63, 3.8) is 0 Å². The van der Waals surface area contributed by atoms with Gasteiger partial charge in [0, 0.05) is 42.6 Å². The molecule has 2 aromatic rings. The highest BCUT2D eigenvalue weighted by atomic mass is 32.1. The van der Waals surface area contributed by atoms with Crippen LogP contribution in [-0.2, 0) is 27.5 Å². The quantitative estimate of drug-likeness (QED) is 0.306. The number of rotatable bonds is 10. The molecule has 3 heterocycles. The van der Waals surface area contributed by atoms with Crippen LogP contribution < -0.4 is 5.32 Å². The van der Waals surface area contributed by atoms with E-state index in [0.717, 1.165) is 13.1 Å². The molecule has 0 aliphatic carbocycles. The first-order chi connectivity index (χ1) is 17.1. The van der Waals surface area contributed by atoms with Gasteiger partial charge in [0.15, 0.2) is 5.60 Å². The second-order valence-corrected chi connectivity index (χ2v) is 11.6. The van der Waals surface area contributed by atoms with Crippen molar-refractivity contribution in [1.29, 1.82) is 0 Å². The van der Waals surface area contributed by atoms with Crippen LogP contribution in [0.15, 0.2) is 41.4 Å². The van der Waals surface area contributed by atoms with E-state index >= 15 is 0 Å². The number of nitrogens with zero attached hydrogens (tertiary/aromatic N) is 2. The lowest BCUT2D eigenvalue weighted by molar-refractivity contribution is -0.170. The van der Waals surface area contributed by atoms with Gasteiger partial charge in [-0.1, -0.05) is 0 Å². The third-order valence-corrected chi connectivity index (χ3v) is 6.80. The molecule has 37 heavy (non-hydrogen) atoms. The average molecular weight is 536 g/mol. The molecule has 0 amide bonds. The van der Waals surface area contributed by atoms with Crippen molar-refractivity contribution in [1.82, 2.24) is 15.2 Å². The number of aliphatic hydroxyl groups is 1. The second kappa shape index (κ2) is 12.6. The van der Waals surface area contributed by atoms with Crippen molar-refractivity contribution < 1.29 is 34.8 Å². The highest BCUT2D eigenvalue weighted by Crippen LogP contribution is 2.33. The van der Waals surface area contributed by atoms with Gasteiger partial charge >= 0.3 is 17.9 Å². The number of nitrogens with one attached hydrogen (secondary N) is 1. The van der Waals surface area contributed by atoms with Crippen molar-refractivity contribution in [2.75, 3.05) is 0 Å². The van der Waals surface area contributed by atoms with Gasteiger partial charge in [0.1, 0.15) is 0 Å². The fraction of sp³-hybridized carbons (Fsp3) is 0.538. The molecule has 10 nitrogen and oxygen atoms in total. The van der Waals surface area contributed by atoms with E-state index in [0.29, 0.717) is 6.04 Å². The first-order valence-electron chi connectivity index (χ1n) is 11.9. The molecule has 1 fully saturated rings. The molecule has 0 aromatic carbocycles. The summed E-state index contributed by atoms with van der Waals surface area (Å²) in [4.78, 5) is 37.3. The molecule has 0 saturated carbocycles. The average Bonchev–Trinajstić information content (AvgIpc) is 3.24. The predicted octanol–water partition coefficient (Wildman–Crippen LogP) is 3.21. The van der Waals surface area contributed by atoms with Crippen LogP contribution in [0.5, 0.6) is 0 Å². The number of aromatic nitrogens is 1. The predicted molar refractivity (Wildman–Crippen MR) is 139 cm³/mol. The highest BCUT2D eigenvalue weighted by molar-refractivity contribution is 7.07. The number of carboxylic acid groups (broad SMARTS) is 3. The minimum atomic E-state index is -2.74. The van der Waals surface area contributed by atoms with Crippen LogP contribution in [0.3, 0.4) is 0 Å². The van der Waals surface area contributed by atoms with Gasteiger partial charge in [-0.3, -0.25) is 19.5 Å². The largest absolute Gasteiger partial charge is 0.481 e. The fourth-order valence-corrected chi connectivity index (χ4v) is 5.55. The van der Waals surface area contributed by atoms with Crippen LogP contribution >= 0.6 is 11.3 Å². The highest BCUT2D eigenvalue weighted by Gasteiger charge is 2.41. The van der Waals surface area contributed by atoms with Crippen molar-refractivity contribution in [3.8, 4) is 0 Å². The summed E-state index contributed by atoms with van der Waals surface area (Å²) in [6, 6.07) is 7.10. The Bertz CT molecular complexity index is 1010. The van der Waals surface area contributed by atoms with Crippen LogP contribution in [0, 0.1) is 0 Å². The lowest BCUT2D eigenvalue weighted by atomic mass is 9.79. The number of pyridine rings is 1. The number of carboxylic acids is 3. The van der Waals surface area contributed by atoms with Crippen LogP contribution in [0.25, 0.3) is 0 Å². The van der Waals surface area contributed by atoms with E-state index in [2.05, 4.69) is 71.9 Å². The monoisotopic (exact) mass is 535 g/mol. The Morgan fingerprint density at radius 2 is 1.49 bits per heavy atom. The summed E-state index contributed by atoms with van der Waals surface area (Å²) in [6.45, 7) is 11.3. The maximum absolute atomic E-state index is 10.3. The summed E-state index contributed by atoms with van der Waals surface area (Å²) < 4.78 is 0. The number of carbonyl (C=O) groups is 3. The first-order valence-corrected chi connectivity index (χ1v) is 12.9. The zero-order valence-electron chi connectivity index (χ0n) is 21.7. The van der Waals surface area contributed by atoms with Crippen LogP contribution in [-0.4, -0.2) is 70.9 Å². The summed E-state index contributed by atoms with van der Waals surface area (Å²) in [5.74, 6) is -5.02. The molecule has 0 spiro atoms. The van der Waals surface area contributed by atoms with E-state index in [1.807, 2.05) is 12.4 Å². The Hall–Kier alpha value is -2.86. The van der Waals surface area contributed by atoms with E-state index < -0.39 is 36.4 Å². The lowest BCUT2D eigenvalue weighted by Gasteiger charge is -2.49. The van der Waals surface area contributed by atoms with Crippen molar-refractivity contribution in [2.45, 2.75) is 89.2 Å². The smallest absolute Gasteiger partial charge is 0.336 e. The van der Waals surface area contributed by atoms with E-state index in [4.69, 9.17) is 20.4 Å². The van der Waals surface area contributed by atoms with E-state index in [9.17, 15) is 14.4 Å². The molecular weight excluding hydrogens is 498 g/mol. The third kappa shape index (κ3) is 10.2. The second-order valence-electron chi connectivity index (χ2n) is 10.8. The maximum Gasteiger partial charge on any atom is 0.336 e. The molecule has 5 N–H and O–H groups in total. The Morgan fingerprint density at radius 3 is 1.92 bits per heavy atom. The van der Waals surface area contributed by atoms with Crippen molar-refractivity contribution in [3.05, 3.63) is 52.5 Å². The molecule has 0 bridgehead atoms. The van der Waals surface area contributed by atoms with E-state index in [1.54, 1.807) is 11.3 Å². The number of aliphatic carboxylic acids is 3. The van der Waals surface area contributed by atoms with Gasteiger partial charge in [0.2, 0.25) is 0 Å². The summed E-state index contributed by atoms with van der Waals surface area (Å²) in [5.41, 5.74) is 0.352. The van der Waals surface area contributed by atoms with Gasteiger partial charge in [0.25, 0.3) is 0 Å². The first kappa shape index (κ1) is 30.4. The molecule has 0 unspecified atom stereocenters. The standard InChI is InChI=1S/C20H29N3S.C6H8O7/c1-19(2)11-18(12-20(3,4)22-19)23(14-17-7-10-24-15-17)13-16-5-8-21-9-6-16;7-3(8)1-6(13,5(11)12)2-4(9)10/h5-10,15,18,22H,11-14H2,1-4H3;13H,1-2H2,(H,7,8)(H,9,10)(H,11,12). The zero-order valence-corrected chi connectivity index (χ0v) is 22.5. The van der Waals surface area contributed by atoms with Gasteiger partial charge in [0.05, 0.1) is 12.8 Å². The summed E-state index contributed by atoms with van der Waals surface area (Å²) in [5, 5.41) is 42.1. The topological polar surface area (TPSA) is 160 Å².